The highest BCUT2D eigenvalue weighted by atomic mass is 16.5. The maximum absolute atomic E-state index is 13.7. The van der Waals surface area contributed by atoms with Gasteiger partial charge in [0.05, 0.1) is 25.0 Å². The predicted molar refractivity (Wildman–Crippen MR) is 148 cm³/mol. The van der Waals surface area contributed by atoms with Crippen molar-refractivity contribution in [1.82, 2.24) is 0 Å². The number of carbonyl (C=O) groups excluding carboxylic acids is 2. The third-order valence-corrected chi connectivity index (χ3v) is 9.29. The van der Waals surface area contributed by atoms with E-state index in [1.807, 2.05) is 19.9 Å². The van der Waals surface area contributed by atoms with E-state index in [0.29, 0.717) is 19.3 Å². The first-order valence-corrected chi connectivity index (χ1v) is 13.2. The molecule has 0 spiro atoms. The third kappa shape index (κ3) is 5.33. The molecule has 0 radical (unpaired) electrons. The molecule has 1 aliphatic rings. The number of hydrogen-bond donors (Lipinski definition) is 0. The summed E-state index contributed by atoms with van der Waals surface area (Å²) in [6, 6.07) is 10.6. The van der Waals surface area contributed by atoms with Crippen LogP contribution in [0.5, 0.6) is 0 Å². The average molecular weight is 497 g/mol. The molecular formula is C32H48O4. The zero-order valence-corrected chi connectivity index (χ0v) is 24.3. The summed E-state index contributed by atoms with van der Waals surface area (Å²) in [7, 11) is 2.91. The van der Waals surface area contributed by atoms with Crippen LogP contribution in [0.3, 0.4) is 0 Å². The van der Waals surface area contributed by atoms with Gasteiger partial charge in [0.2, 0.25) is 0 Å². The highest BCUT2D eigenvalue weighted by Gasteiger charge is 2.57. The summed E-state index contributed by atoms with van der Waals surface area (Å²) in [5.74, 6) is -0.463. The van der Waals surface area contributed by atoms with Crippen molar-refractivity contribution in [2.75, 3.05) is 14.2 Å². The van der Waals surface area contributed by atoms with Gasteiger partial charge in [-0.3, -0.25) is 9.59 Å². The van der Waals surface area contributed by atoms with Crippen LogP contribution >= 0.6 is 0 Å². The highest BCUT2D eigenvalue weighted by molar-refractivity contribution is 5.79. The first-order chi connectivity index (χ1) is 16.6. The molecule has 0 amide bonds. The van der Waals surface area contributed by atoms with E-state index >= 15 is 0 Å². The molecule has 200 valence electrons. The molecule has 1 aromatic rings. The number of allylic oxidation sites excluding steroid dienone is 4. The molecule has 4 heteroatoms. The standard InChI is InChI=1S/C32H48O4/c1-11-21-30(6,26(33)35-9)22-28(2,3)31(7,27(34)36-10)23-29(4,5)32(8,25-19-15-16-20-25)24-17-13-12-14-18-24/h12-15,17-20H,11,16,21-23H2,1-10H3. The van der Waals surface area contributed by atoms with Gasteiger partial charge in [0.15, 0.2) is 0 Å². The molecule has 0 fully saturated rings. The molecule has 0 aromatic heterocycles. The molecule has 1 aromatic carbocycles. The number of methoxy groups -OCH3 is 2. The molecule has 36 heavy (non-hydrogen) atoms. The van der Waals surface area contributed by atoms with Crippen LogP contribution < -0.4 is 0 Å². The van der Waals surface area contributed by atoms with Gasteiger partial charge in [0.25, 0.3) is 0 Å². The number of esters is 2. The Morgan fingerprint density at radius 2 is 1.42 bits per heavy atom. The van der Waals surface area contributed by atoms with Crippen LogP contribution in [0, 0.1) is 21.7 Å². The van der Waals surface area contributed by atoms with Crippen LogP contribution in [0.4, 0.5) is 0 Å². The molecule has 2 rings (SSSR count). The lowest BCUT2D eigenvalue weighted by Gasteiger charge is -2.53. The molecule has 0 saturated carbocycles. The Bertz CT molecular complexity index is 987. The quantitative estimate of drug-likeness (QED) is 0.277. The second-order valence-electron chi connectivity index (χ2n) is 12.5. The van der Waals surface area contributed by atoms with Crippen LogP contribution in [0.2, 0.25) is 0 Å². The van der Waals surface area contributed by atoms with E-state index in [1.165, 1.54) is 25.4 Å². The van der Waals surface area contributed by atoms with Crippen molar-refractivity contribution in [2.24, 2.45) is 21.7 Å². The molecule has 1 aliphatic carbocycles. The largest absolute Gasteiger partial charge is 0.469 e. The first kappa shape index (κ1) is 29.9. The summed E-state index contributed by atoms with van der Waals surface area (Å²) < 4.78 is 10.7. The average Bonchev–Trinajstić information content (AvgIpc) is 3.37. The lowest BCUT2D eigenvalue weighted by molar-refractivity contribution is -0.170. The number of rotatable bonds is 12. The Kier molecular flexibility index (Phi) is 9.08. The maximum Gasteiger partial charge on any atom is 0.312 e. The Morgan fingerprint density at radius 1 is 0.833 bits per heavy atom. The highest BCUT2D eigenvalue weighted by Crippen LogP contribution is 2.59. The molecule has 0 N–H and O–H groups in total. The molecule has 0 saturated heterocycles. The minimum atomic E-state index is -0.854. The summed E-state index contributed by atoms with van der Waals surface area (Å²) in [5.41, 5.74) is -0.257. The molecule has 0 heterocycles. The normalized spacial score (nSPS) is 19.0. The van der Waals surface area contributed by atoms with Crippen molar-refractivity contribution in [3.63, 3.8) is 0 Å². The monoisotopic (exact) mass is 496 g/mol. The SMILES string of the molecule is CCCC(C)(CC(C)(C)C(C)(CC(C)(C)C(C)(C1=CCC=C1)c1ccccc1)C(=O)OC)C(=O)OC. The Hall–Kier alpha value is -2.36. The summed E-state index contributed by atoms with van der Waals surface area (Å²) in [4.78, 5) is 26.6. The Morgan fingerprint density at radius 3 is 1.89 bits per heavy atom. The van der Waals surface area contributed by atoms with E-state index in [2.05, 4.69) is 84.0 Å². The second kappa shape index (κ2) is 10.9. The molecule has 0 bridgehead atoms. The van der Waals surface area contributed by atoms with Crippen molar-refractivity contribution in [2.45, 2.75) is 92.9 Å². The third-order valence-electron chi connectivity index (χ3n) is 9.29. The lowest BCUT2D eigenvalue weighted by atomic mass is 9.49. The topological polar surface area (TPSA) is 52.6 Å². The van der Waals surface area contributed by atoms with Crippen LogP contribution in [-0.4, -0.2) is 26.2 Å². The fourth-order valence-corrected chi connectivity index (χ4v) is 6.65. The van der Waals surface area contributed by atoms with Crippen molar-refractivity contribution < 1.29 is 19.1 Å². The van der Waals surface area contributed by atoms with E-state index in [1.54, 1.807) is 0 Å². The van der Waals surface area contributed by atoms with Crippen molar-refractivity contribution in [1.29, 1.82) is 0 Å². The fourth-order valence-electron chi connectivity index (χ4n) is 6.65. The van der Waals surface area contributed by atoms with Crippen LogP contribution in [-0.2, 0) is 24.5 Å². The lowest BCUT2D eigenvalue weighted by Crippen LogP contribution is -2.52. The summed E-state index contributed by atoms with van der Waals surface area (Å²) in [5, 5.41) is 0. The van der Waals surface area contributed by atoms with Gasteiger partial charge in [-0.25, -0.2) is 0 Å². The van der Waals surface area contributed by atoms with Crippen LogP contribution in [0.1, 0.15) is 93.1 Å². The van der Waals surface area contributed by atoms with Gasteiger partial charge in [-0.2, -0.15) is 0 Å². The fraction of sp³-hybridized carbons (Fsp3) is 0.625. The van der Waals surface area contributed by atoms with Gasteiger partial charge >= 0.3 is 11.9 Å². The van der Waals surface area contributed by atoms with E-state index in [4.69, 9.17) is 9.47 Å². The van der Waals surface area contributed by atoms with Gasteiger partial charge in [-0.1, -0.05) is 96.5 Å². The Balaban J connectivity index is 2.64. The minimum absolute atomic E-state index is 0.223. The summed E-state index contributed by atoms with van der Waals surface area (Å²) in [6.07, 6.45) is 10.3. The zero-order chi connectivity index (χ0) is 27.4. The van der Waals surface area contributed by atoms with Crippen LogP contribution in [0.25, 0.3) is 0 Å². The molecule has 3 atom stereocenters. The van der Waals surface area contributed by atoms with Crippen molar-refractivity contribution in [3.05, 3.63) is 59.7 Å². The number of ether oxygens (including phenoxy) is 2. The summed E-state index contributed by atoms with van der Waals surface area (Å²) in [6.45, 7) is 17.1. The minimum Gasteiger partial charge on any atom is -0.469 e. The van der Waals surface area contributed by atoms with E-state index in [-0.39, 0.29) is 22.8 Å². The number of carbonyl (C=O) groups is 2. The van der Waals surface area contributed by atoms with Gasteiger partial charge < -0.3 is 9.47 Å². The maximum atomic E-state index is 13.7. The molecule has 3 unspecified atom stereocenters. The van der Waals surface area contributed by atoms with Crippen LogP contribution in [0.15, 0.2) is 54.1 Å². The molecular weight excluding hydrogens is 448 g/mol. The molecule has 0 aliphatic heterocycles. The molecule has 4 nitrogen and oxygen atoms in total. The smallest absolute Gasteiger partial charge is 0.312 e. The van der Waals surface area contributed by atoms with Crippen molar-refractivity contribution in [3.8, 4) is 0 Å². The number of hydrogen-bond acceptors (Lipinski definition) is 4. The Labute approximate surface area is 219 Å². The summed E-state index contributed by atoms with van der Waals surface area (Å²) >= 11 is 0. The van der Waals surface area contributed by atoms with Gasteiger partial charge in [0, 0.05) is 5.41 Å². The first-order valence-electron chi connectivity index (χ1n) is 13.2. The zero-order valence-electron chi connectivity index (χ0n) is 24.3. The van der Waals surface area contributed by atoms with Crippen molar-refractivity contribution >= 4 is 11.9 Å². The second-order valence-corrected chi connectivity index (χ2v) is 12.5. The van der Waals surface area contributed by atoms with E-state index < -0.39 is 16.2 Å². The van der Waals surface area contributed by atoms with E-state index in [9.17, 15) is 9.59 Å². The van der Waals surface area contributed by atoms with E-state index in [0.717, 1.165) is 12.8 Å². The number of benzene rings is 1. The van der Waals surface area contributed by atoms with Gasteiger partial charge in [-0.15, -0.1) is 0 Å². The predicted octanol–water partition coefficient (Wildman–Crippen LogP) is 7.82. The van der Waals surface area contributed by atoms with Gasteiger partial charge in [0.1, 0.15) is 0 Å². The van der Waals surface area contributed by atoms with Gasteiger partial charge in [-0.05, 0) is 61.5 Å².